The molecule has 0 aromatic heterocycles. The van der Waals surface area contributed by atoms with Crippen molar-refractivity contribution in [2.24, 2.45) is 0 Å². The van der Waals surface area contributed by atoms with Crippen molar-refractivity contribution in [1.82, 2.24) is 0 Å². The Labute approximate surface area is 161 Å². The Kier molecular flexibility index (Phi) is 3.75. The third-order valence-corrected chi connectivity index (χ3v) is 6.04. The van der Waals surface area contributed by atoms with Crippen LogP contribution in [-0.2, 0) is 5.41 Å². The maximum absolute atomic E-state index is 2.34. The summed E-state index contributed by atoms with van der Waals surface area (Å²) in [5.41, 5.74) is 7.90. The monoisotopic (exact) mass is 349 g/mol. The standard InChI is InChI=1S/C26H23N/c1-27-24-18-10-8-16-22(24)26(20-12-4-2-5-13-20,21-14-6-3-7-15-21)23-17-9-11-19-25(23)27/h2-6,8-14,16-19H,7,15H2,1H3. The first-order valence-corrected chi connectivity index (χ1v) is 9.68. The number of rotatable bonds is 2. The van der Waals surface area contributed by atoms with Gasteiger partial charge >= 0.3 is 0 Å². The maximum Gasteiger partial charge on any atom is 0.0705 e. The number of anilines is 2. The number of benzene rings is 3. The molecule has 0 N–H and O–H groups in total. The van der Waals surface area contributed by atoms with Gasteiger partial charge in [-0.05, 0) is 41.7 Å². The van der Waals surface area contributed by atoms with Gasteiger partial charge in [-0.15, -0.1) is 0 Å². The molecule has 5 rings (SSSR count). The fourth-order valence-corrected chi connectivity index (χ4v) is 4.89. The van der Waals surface area contributed by atoms with E-state index in [2.05, 4.69) is 109 Å². The molecular weight excluding hydrogens is 326 g/mol. The zero-order chi connectivity index (χ0) is 18.3. The summed E-state index contributed by atoms with van der Waals surface area (Å²) in [6.07, 6.45) is 9.02. The molecule has 1 heteroatoms. The SMILES string of the molecule is CN1c2ccccc2C(C2=CC=CCC2)(c2ccccc2)c2ccccc21. The first kappa shape index (κ1) is 16.1. The zero-order valence-corrected chi connectivity index (χ0v) is 15.6. The van der Waals surface area contributed by atoms with Gasteiger partial charge < -0.3 is 4.90 Å². The molecule has 0 spiro atoms. The van der Waals surface area contributed by atoms with Gasteiger partial charge in [0.05, 0.1) is 5.41 Å². The lowest BCUT2D eigenvalue weighted by atomic mass is 9.61. The Morgan fingerprint density at radius 3 is 1.93 bits per heavy atom. The van der Waals surface area contributed by atoms with E-state index >= 15 is 0 Å². The number of hydrogen-bond acceptors (Lipinski definition) is 1. The van der Waals surface area contributed by atoms with E-state index in [1.807, 2.05) is 0 Å². The molecule has 1 heterocycles. The molecule has 3 aromatic carbocycles. The molecule has 0 unspecified atom stereocenters. The van der Waals surface area contributed by atoms with Crippen LogP contribution in [0.15, 0.2) is 103 Å². The third kappa shape index (κ3) is 2.24. The van der Waals surface area contributed by atoms with Crippen LogP contribution in [0.3, 0.4) is 0 Å². The lowest BCUT2D eigenvalue weighted by Crippen LogP contribution is -2.38. The summed E-state index contributed by atoms with van der Waals surface area (Å²) in [4.78, 5) is 2.34. The van der Waals surface area contributed by atoms with Crippen LogP contribution >= 0.6 is 0 Å². The molecule has 27 heavy (non-hydrogen) atoms. The van der Waals surface area contributed by atoms with Gasteiger partial charge in [-0.2, -0.15) is 0 Å². The Bertz CT molecular complexity index is 995. The van der Waals surface area contributed by atoms with Crippen LogP contribution in [0.25, 0.3) is 0 Å². The summed E-state index contributed by atoms with van der Waals surface area (Å²) < 4.78 is 0. The van der Waals surface area contributed by atoms with Gasteiger partial charge in [-0.1, -0.05) is 90.5 Å². The number of allylic oxidation sites excluding steroid dienone is 4. The highest BCUT2D eigenvalue weighted by Crippen LogP contribution is 2.56. The second-order valence-corrected chi connectivity index (χ2v) is 7.37. The van der Waals surface area contributed by atoms with Crippen molar-refractivity contribution in [2.75, 3.05) is 11.9 Å². The summed E-state index contributed by atoms with van der Waals surface area (Å²) in [7, 11) is 2.18. The average Bonchev–Trinajstić information content (AvgIpc) is 2.76. The number of para-hydroxylation sites is 2. The quantitative estimate of drug-likeness (QED) is 0.519. The van der Waals surface area contributed by atoms with Crippen LogP contribution in [0.5, 0.6) is 0 Å². The molecule has 2 aliphatic rings. The van der Waals surface area contributed by atoms with E-state index in [9.17, 15) is 0 Å². The summed E-state index contributed by atoms with van der Waals surface area (Å²) in [5.74, 6) is 0. The minimum absolute atomic E-state index is 0.244. The van der Waals surface area contributed by atoms with Crippen LogP contribution in [0.2, 0.25) is 0 Å². The van der Waals surface area contributed by atoms with Gasteiger partial charge in [0.2, 0.25) is 0 Å². The first-order valence-electron chi connectivity index (χ1n) is 9.68. The fraction of sp³-hybridized carbons (Fsp3) is 0.154. The Morgan fingerprint density at radius 2 is 1.33 bits per heavy atom. The van der Waals surface area contributed by atoms with Crippen molar-refractivity contribution >= 4 is 11.4 Å². The summed E-state index contributed by atoms with van der Waals surface area (Å²) in [6.45, 7) is 0. The van der Waals surface area contributed by atoms with Gasteiger partial charge in [0.25, 0.3) is 0 Å². The van der Waals surface area contributed by atoms with Crippen LogP contribution in [-0.4, -0.2) is 7.05 Å². The van der Waals surface area contributed by atoms with Crippen molar-refractivity contribution < 1.29 is 0 Å². The van der Waals surface area contributed by atoms with E-state index in [0.717, 1.165) is 12.8 Å². The normalized spacial score (nSPS) is 17.1. The number of nitrogens with zero attached hydrogens (tertiary/aromatic N) is 1. The molecule has 0 radical (unpaired) electrons. The Morgan fingerprint density at radius 1 is 0.741 bits per heavy atom. The van der Waals surface area contributed by atoms with Crippen LogP contribution in [0, 0.1) is 0 Å². The van der Waals surface area contributed by atoms with Crippen LogP contribution in [0.4, 0.5) is 11.4 Å². The zero-order valence-electron chi connectivity index (χ0n) is 15.6. The lowest BCUT2D eigenvalue weighted by Gasteiger charge is -2.47. The van der Waals surface area contributed by atoms with Crippen molar-refractivity contribution in [3.05, 3.63) is 119 Å². The van der Waals surface area contributed by atoms with Gasteiger partial charge in [0.1, 0.15) is 0 Å². The third-order valence-electron chi connectivity index (χ3n) is 6.04. The minimum atomic E-state index is -0.244. The fourth-order valence-electron chi connectivity index (χ4n) is 4.89. The minimum Gasteiger partial charge on any atom is -0.344 e. The molecule has 3 aromatic rings. The van der Waals surface area contributed by atoms with Crippen molar-refractivity contribution in [3.63, 3.8) is 0 Å². The molecule has 0 saturated heterocycles. The number of hydrogen-bond donors (Lipinski definition) is 0. The molecule has 1 nitrogen and oxygen atoms in total. The summed E-state index contributed by atoms with van der Waals surface area (Å²) in [6, 6.07) is 28.8. The number of fused-ring (bicyclic) bond motifs is 2. The second kappa shape index (κ2) is 6.28. The Hall–Kier alpha value is -3.06. The van der Waals surface area contributed by atoms with E-state index in [0.29, 0.717) is 0 Å². The predicted molar refractivity (Wildman–Crippen MR) is 114 cm³/mol. The van der Waals surface area contributed by atoms with E-state index in [1.165, 1.54) is 33.6 Å². The molecule has 0 fully saturated rings. The predicted octanol–water partition coefficient (Wildman–Crippen LogP) is 6.38. The molecule has 0 saturated carbocycles. The highest BCUT2D eigenvalue weighted by atomic mass is 15.1. The molecule has 0 bridgehead atoms. The van der Waals surface area contributed by atoms with Gasteiger partial charge in [0.15, 0.2) is 0 Å². The van der Waals surface area contributed by atoms with E-state index in [4.69, 9.17) is 0 Å². The molecule has 1 aliphatic heterocycles. The molecule has 132 valence electrons. The van der Waals surface area contributed by atoms with E-state index in [-0.39, 0.29) is 5.41 Å². The van der Waals surface area contributed by atoms with Crippen molar-refractivity contribution in [3.8, 4) is 0 Å². The van der Waals surface area contributed by atoms with Gasteiger partial charge in [0, 0.05) is 18.4 Å². The summed E-state index contributed by atoms with van der Waals surface area (Å²) >= 11 is 0. The topological polar surface area (TPSA) is 3.24 Å². The highest BCUT2D eigenvalue weighted by molar-refractivity contribution is 5.82. The van der Waals surface area contributed by atoms with E-state index in [1.54, 1.807) is 0 Å². The second-order valence-electron chi connectivity index (χ2n) is 7.37. The first-order chi connectivity index (χ1) is 13.3. The molecule has 0 amide bonds. The van der Waals surface area contributed by atoms with Crippen LogP contribution in [0.1, 0.15) is 29.5 Å². The lowest BCUT2D eigenvalue weighted by molar-refractivity contribution is 0.665. The molecule has 1 aliphatic carbocycles. The molecular formula is C26H23N. The van der Waals surface area contributed by atoms with Crippen molar-refractivity contribution in [1.29, 1.82) is 0 Å². The van der Waals surface area contributed by atoms with Crippen LogP contribution < -0.4 is 4.90 Å². The van der Waals surface area contributed by atoms with Gasteiger partial charge in [-0.3, -0.25) is 0 Å². The van der Waals surface area contributed by atoms with Crippen molar-refractivity contribution in [2.45, 2.75) is 18.3 Å². The molecule has 0 atom stereocenters. The smallest absolute Gasteiger partial charge is 0.0705 e. The summed E-state index contributed by atoms with van der Waals surface area (Å²) in [5, 5.41) is 0. The van der Waals surface area contributed by atoms with E-state index < -0.39 is 0 Å². The Balaban J connectivity index is 1.95. The maximum atomic E-state index is 2.34. The average molecular weight is 349 g/mol. The largest absolute Gasteiger partial charge is 0.344 e. The highest BCUT2D eigenvalue weighted by Gasteiger charge is 2.46. The van der Waals surface area contributed by atoms with Gasteiger partial charge in [-0.25, -0.2) is 0 Å².